The van der Waals surface area contributed by atoms with E-state index in [0.29, 0.717) is 0 Å². The van der Waals surface area contributed by atoms with Crippen molar-refractivity contribution in [1.82, 2.24) is 0 Å². The molecule has 1 aliphatic heterocycles. The third-order valence-corrected chi connectivity index (χ3v) is 4.54. The number of fused-ring (bicyclic) bond motifs is 1. The first-order chi connectivity index (χ1) is 9.83. The highest BCUT2D eigenvalue weighted by Gasteiger charge is 2.04. The quantitative estimate of drug-likeness (QED) is 0.683. The van der Waals surface area contributed by atoms with E-state index in [-0.39, 0.29) is 0 Å². The van der Waals surface area contributed by atoms with Crippen LogP contribution in [-0.2, 0) is 6.42 Å². The Hall–Kier alpha value is -1.73. The molecule has 0 aromatic heterocycles. The fraction of sp³-hybridized carbons (Fsp3) is 0.158. The Bertz CT molecular complexity index is 665. The van der Waals surface area contributed by atoms with Gasteiger partial charge in [-0.05, 0) is 36.1 Å². The molecule has 0 bridgehead atoms. The molecule has 0 saturated heterocycles. The van der Waals surface area contributed by atoms with Crippen molar-refractivity contribution in [3.63, 3.8) is 0 Å². The van der Waals surface area contributed by atoms with Crippen LogP contribution in [0.15, 0.2) is 71.7 Å². The molecular weight excluding hydrogens is 260 g/mol. The molecule has 0 unspecified atom stereocenters. The lowest BCUT2D eigenvalue weighted by molar-refractivity contribution is 1.18. The predicted molar refractivity (Wildman–Crippen MR) is 89.2 cm³/mol. The highest BCUT2D eigenvalue weighted by molar-refractivity contribution is 7.99. The minimum absolute atomic E-state index is 1.01. The summed E-state index contributed by atoms with van der Waals surface area (Å²) in [5.41, 5.74) is 5.38. The average Bonchev–Trinajstić information content (AvgIpc) is 2.57. The maximum atomic E-state index is 2.33. The summed E-state index contributed by atoms with van der Waals surface area (Å²) in [5.74, 6) is 1.02. The molecule has 2 aromatic carbocycles. The van der Waals surface area contributed by atoms with Gasteiger partial charge in [-0.1, -0.05) is 66.3 Å². The molecule has 1 heteroatoms. The second-order valence-electron chi connectivity index (χ2n) is 5.05. The lowest BCUT2D eigenvalue weighted by atomic mass is 10.0. The molecule has 0 spiro atoms. The van der Waals surface area contributed by atoms with Gasteiger partial charge < -0.3 is 0 Å². The van der Waals surface area contributed by atoms with Crippen molar-refractivity contribution in [2.24, 2.45) is 0 Å². The number of hydrogen-bond acceptors (Lipinski definition) is 1. The minimum Gasteiger partial charge on any atom is -0.122 e. The van der Waals surface area contributed by atoms with Crippen LogP contribution in [0.1, 0.15) is 16.7 Å². The van der Waals surface area contributed by atoms with Crippen molar-refractivity contribution < 1.29 is 0 Å². The van der Waals surface area contributed by atoms with Crippen molar-refractivity contribution in [3.05, 3.63) is 83.4 Å². The number of benzene rings is 2. The van der Waals surface area contributed by atoms with Crippen molar-refractivity contribution in [3.8, 4) is 0 Å². The molecule has 2 aromatic rings. The molecule has 3 rings (SSSR count). The molecule has 0 nitrogen and oxygen atoms in total. The van der Waals surface area contributed by atoms with Gasteiger partial charge in [0.1, 0.15) is 0 Å². The molecule has 20 heavy (non-hydrogen) atoms. The van der Waals surface area contributed by atoms with Crippen LogP contribution in [-0.4, -0.2) is 5.75 Å². The summed E-state index contributed by atoms with van der Waals surface area (Å²) in [6, 6.07) is 17.4. The Labute approximate surface area is 125 Å². The van der Waals surface area contributed by atoms with Gasteiger partial charge in [0.05, 0.1) is 0 Å². The van der Waals surface area contributed by atoms with Crippen LogP contribution in [0.5, 0.6) is 0 Å². The van der Waals surface area contributed by atoms with E-state index < -0.39 is 0 Å². The van der Waals surface area contributed by atoms with E-state index in [4.69, 9.17) is 0 Å². The van der Waals surface area contributed by atoms with Crippen molar-refractivity contribution in [1.29, 1.82) is 0 Å². The number of hydrogen-bond donors (Lipinski definition) is 0. The Morgan fingerprint density at radius 1 is 1.00 bits per heavy atom. The van der Waals surface area contributed by atoms with Crippen LogP contribution in [0, 0.1) is 6.92 Å². The summed E-state index contributed by atoms with van der Waals surface area (Å²) in [4.78, 5) is 1.40. The van der Waals surface area contributed by atoms with Gasteiger partial charge in [-0.3, -0.25) is 0 Å². The summed E-state index contributed by atoms with van der Waals surface area (Å²) in [7, 11) is 0. The minimum atomic E-state index is 1.01. The van der Waals surface area contributed by atoms with Gasteiger partial charge in [-0.25, -0.2) is 0 Å². The molecule has 100 valence electrons. The van der Waals surface area contributed by atoms with E-state index >= 15 is 0 Å². The molecule has 0 aliphatic carbocycles. The molecular formula is C19H18S. The average molecular weight is 278 g/mol. The van der Waals surface area contributed by atoms with Crippen LogP contribution in [0.4, 0.5) is 0 Å². The number of allylic oxidation sites excluding steroid dienone is 3. The first-order valence-corrected chi connectivity index (χ1v) is 7.96. The van der Waals surface area contributed by atoms with Gasteiger partial charge in [-0.15, -0.1) is 11.8 Å². The van der Waals surface area contributed by atoms with Gasteiger partial charge in [0, 0.05) is 10.6 Å². The zero-order chi connectivity index (χ0) is 13.8. The van der Waals surface area contributed by atoms with E-state index in [2.05, 4.69) is 73.7 Å². The van der Waals surface area contributed by atoms with E-state index in [1.807, 2.05) is 11.8 Å². The van der Waals surface area contributed by atoms with Crippen LogP contribution < -0.4 is 0 Å². The van der Waals surface area contributed by atoms with E-state index in [1.165, 1.54) is 27.2 Å². The number of rotatable bonds is 1. The molecule has 0 saturated carbocycles. The summed E-state index contributed by atoms with van der Waals surface area (Å²) >= 11 is 1.92. The number of thioether (sulfide) groups is 1. The number of aryl methyl sites for hydroxylation is 1. The fourth-order valence-electron chi connectivity index (χ4n) is 2.45. The molecule has 0 N–H and O–H groups in total. The van der Waals surface area contributed by atoms with E-state index in [0.717, 1.165) is 12.2 Å². The third kappa shape index (κ3) is 3.05. The Morgan fingerprint density at radius 2 is 1.90 bits per heavy atom. The van der Waals surface area contributed by atoms with Gasteiger partial charge in [0.2, 0.25) is 0 Å². The Morgan fingerprint density at radius 3 is 2.80 bits per heavy atom. The van der Waals surface area contributed by atoms with Gasteiger partial charge in [0.25, 0.3) is 0 Å². The van der Waals surface area contributed by atoms with E-state index in [9.17, 15) is 0 Å². The second-order valence-corrected chi connectivity index (χ2v) is 6.12. The molecule has 1 heterocycles. The molecule has 0 fully saturated rings. The first-order valence-electron chi connectivity index (χ1n) is 6.97. The topological polar surface area (TPSA) is 0 Å². The normalized spacial score (nSPS) is 18.9. The zero-order valence-electron chi connectivity index (χ0n) is 11.7. The standard InChI is InChI=1S/C19H18S/c1-15-6-4-10-18(14-15)16-8-5-9-17-7-2-3-11-19(17)20-13-12-16/h2-8,10-12,14H,9,13H2,1H3/b8-5-,16-12+. The largest absolute Gasteiger partial charge is 0.122 e. The van der Waals surface area contributed by atoms with Gasteiger partial charge in [0.15, 0.2) is 0 Å². The smallest absolute Gasteiger partial charge is 0.0170 e. The lowest BCUT2D eigenvalue weighted by Crippen LogP contribution is -1.84. The Kier molecular flexibility index (Phi) is 4.08. The van der Waals surface area contributed by atoms with Gasteiger partial charge in [-0.2, -0.15) is 0 Å². The predicted octanol–water partition coefficient (Wildman–Crippen LogP) is 5.28. The van der Waals surface area contributed by atoms with Crippen molar-refractivity contribution in [2.45, 2.75) is 18.2 Å². The summed E-state index contributed by atoms with van der Waals surface area (Å²) in [5, 5.41) is 0. The lowest BCUT2D eigenvalue weighted by Gasteiger charge is -2.04. The summed E-state index contributed by atoms with van der Waals surface area (Å²) in [6.07, 6.45) is 7.88. The monoisotopic (exact) mass is 278 g/mol. The molecule has 0 amide bonds. The maximum absolute atomic E-state index is 2.33. The van der Waals surface area contributed by atoms with E-state index in [1.54, 1.807) is 0 Å². The summed E-state index contributed by atoms with van der Waals surface area (Å²) < 4.78 is 0. The van der Waals surface area contributed by atoms with Crippen LogP contribution in [0.3, 0.4) is 0 Å². The fourth-order valence-corrected chi connectivity index (χ4v) is 3.41. The SMILES string of the molecule is Cc1cccc(C2=C/CSc3ccccc3C/C=C\2)c1. The van der Waals surface area contributed by atoms with Crippen LogP contribution in [0.2, 0.25) is 0 Å². The van der Waals surface area contributed by atoms with Crippen LogP contribution >= 0.6 is 11.8 Å². The van der Waals surface area contributed by atoms with Crippen molar-refractivity contribution >= 4 is 17.3 Å². The molecule has 0 atom stereocenters. The summed E-state index contributed by atoms with van der Waals surface area (Å²) in [6.45, 7) is 2.15. The highest BCUT2D eigenvalue weighted by Crippen LogP contribution is 2.27. The highest BCUT2D eigenvalue weighted by atomic mass is 32.2. The maximum Gasteiger partial charge on any atom is 0.0170 e. The van der Waals surface area contributed by atoms with Crippen molar-refractivity contribution in [2.75, 3.05) is 5.75 Å². The zero-order valence-corrected chi connectivity index (χ0v) is 12.5. The second kappa shape index (κ2) is 6.15. The molecule has 1 aliphatic rings. The molecule has 0 radical (unpaired) electrons. The first kappa shape index (κ1) is 13.3. The Balaban J connectivity index is 1.91. The van der Waals surface area contributed by atoms with Gasteiger partial charge >= 0.3 is 0 Å². The third-order valence-electron chi connectivity index (χ3n) is 3.50. The van der Waals surface area contributed by atoms with Crippen LogP contribution in [0.25, 0.3) is 5.57 Å².